The third-order valence-electron chi connectivity index (χ3n) is 5.06. The average molecular weight is 406 g/mol. The van der Waals surface area contributed by atoms with E-state index >= 15 is 0 Å². The number of amides is 1. The number of nitrogens with one attached hydrogen (secondary N) is 1. The van der Waals surface area contributed by atoms with Crippen LogP contribution in [0.4, 0.5) is 0 Å². The smallest absolute Gasteiger partial charge is 0.250 e. The first-order chi connectivity index (χ1) is 14.1. The van der Waals surface area contributed by atoms with Gasteiger partial charge in [-0.2, -0.15) is 5.10 Å². The van der Waals surface area contributed by atoms with Gasteiger partial charge in [-0.25, -0.2) is 10.4 Å². The molecule has 1 amide bonds. The summed E-state index contributed by atoms with van der Waals surface area (Å²) in [6.45, 7) is 5.09. The minimum absolute atomic E-state index is 0.157. The fraction of sp³-hybridized carbons (Fsp3) is 0.227. The first kappa shape index (κ1) is 19.3. The molecule has 1 N–H and O–H groups in total. The SMILES string of the molecule is CCn1c(C)c(/C=N\NC(=O)CSc2nc3ccccc3n2C)c2ccccc21. The van der Waals surface area contributed by atoms with Crippen molar-refractivity contribution in [3.05, 3.63) is 59.8 Å². The highest BCUT2D eigenvalue weighted by Crippen LogP contribution is 2.24. The number of nitrogens with zero attached hydrogens (tertiary/aromatic N) is 4. The second-order valence-corrected chi connectivity index (χ2v) is 7.73. The molecule has 6 nitrogen and oxygen atoms in total. The highest BCUT2D eigenvalue weighted by Gasteiger charge is 2.12. The van der Waals surface area contributed by atoms with E-state index in [2.05, 4.69) is 46.1 Å². The Labute approximate surface area is 173 Å². The molecule has 4 rings (SSSR count). The molecular weight excluding hydrogens is 382 g/mol. The van der Waals surface area contributed by atoms with Gasteiger partial charge in [-0.05, 0) is 32.0 Å². The molecule has 0 atom stereocenters. The van der Waals surface area contributed by atoms with Crippen LogP contribution in [0.1, 0.15) is 18.2 Å². The monoisotopic (exact) mass is 405 g/mol. The molecule has 0 aliphatic rings. The number of para-hydroxylation sites is 3. The van der Waals surface area contributed by atoms with E-state index in [0.717, 1.165) is 39.4 Å². The van der Waals surface area contributed by atoms with Crippen LogP contribution in [0.2, 0.25) is 0 Å². The van der Waals surface area contributed by atoms with E-state index in [9.17, 15) is 4.79 Å². The van der Waals surface area contributed by atoms with Gasteiger partial charge in [0.15, 0.2) is 5.16 Å². The van der Waals surface area contributed by atoms with E-state index in [-0.39, 0.29) is 11.7 Å². The standard InChI is InChI=1S/C22H23N5OS/c1-4-27-15(2)17(16-9-5-7-11-19(16)27)13-23-25-21(28)14-29-22-24-18-10-6-8-12-20(18)26(22)3/h5-13H,4,14H2,1-3H3,(H,25,28)/b23-13-. The molecule has 0 fully saturated rings. The summed E-state index contributed by atoms with van der Waals surface area (Å²) in [5, 5.41) is 6.15. The van der Waals surface area contributed by atoms with Crippen molar-refractivity contribution >= 4 is 45.8 Å². The van der Waals surface area contributed by atoms with Crippen LogP contribution in [-0.4, -0.2) is 32.0 Å². The number of benzene rings is 2. The van der Waals surface area contributed by atoms with E-state index < -0.39 is 0 Å². The third-order valence-corrected chi connectivity index (χ3v) is 6.09. The molecule has 148 valence electrons. The van der Waals surface area contributed by atoms with Crippen molar-refractivity contribution in [1.29, 1.82) is 0 Å². The van der Waals surface area contributed by atoms with E-state index in [0.29, 0.717) is 0 Å². The highest BCUT2D eigenvalue weighted by molar-refractivity contribution is 7.99. The lowest BCUT2D eigenvalue weighted by molar-refractivity contribution is -0.118. The van der Waals surface area contributed by atoms with Gasteiger partial charge in [-0.1, -0.05) is 42.1 Å². The lowest BCUT2D eigenvalue weighted by Crippen LogP contribution is -2.20. The molecule has 2 heterocycles. The number of rotatable bonds is 6. The molecule has 0 spiro atoms. The fourth-order valence-electron chi connectivity index (χ4n) is 3.61. The second-order valence-electron chi connectivity index (χ2n) is 6.78. The van der Waals surface area contributed by atoms with Gasteiger partial charge in [0.05, 0.1) is 23.0 Å². The Kier molecular flexibility index (Phi) is 5.40. The Morgan fingerprint density at radius 2 is 1.90 bits per heavy atom. The van der Waals surface area contributed by atoms with Gasteiger partial charge in [0, 0.05) is 35.8 Å². The number of imidazole rings is 1. The molecule has 0 bridgehead atoms. The maximum absolute atomic E-state index is 12.3. The Balaban J connectivity index is 1.43. The van der Waals surface area contributed by atoms with Crippen molar-refractivity contribution in [3.63, 3.8) is 0 Å². The fourth-order valence-corrected chi connectivity index (χ4v) is 4.39. The largest absolute Gasteiger partial charge is 0.344 e. The van der Waals surface area contributed by atoms with Crippen LogP contribution in [0.25, 0.3) is 21.9 Å². The van der Waals surface area contributed by atoms with E-state index in [1.807, 2.05) is 48.0 Å². The van der Waals surface area contributed by atoms with Crippen molar-refractivity contribution in [3.8, 4) is 0 Å². The summed E-state index contributed by atoms with van der Waals surface area (Å²) in [5.41, 5.74) is 7.97. The zero-order chi connectivity index (χ0) is 20.4. The van der Waals surface area contributed by atoms with Gasteiger partial charge in [0.1, 0.15) is 0 Å². The number of fused-ring (bicyclic) bond motifs is 2. The van der Waals surface area contributed by atoms with Crippen LogP contribution in [-0.2, 0) is 18.4 Å². The summed E-state index contributed by atoms with van der Waals surface area (Å²) < 4.78 is 4.25. The third kappa shape index (κ3) is 3.65. The van der Waals surface area contributed by atoms with Crippen molar-refractivity contribution in [2.75, 3.05) is 5.75 Å². The molecule has 0 unspecified atom stereocenters. The topological polar surface area (TPSA) is 64.2 Å². The maximum atomic E-state index is 12.3. The molecule has 4 aromatic rings. The molecule has 0 saturated carbocycles. The zero-order valence-electron chi connectivity index (χ0n) is 16.7. The Bertz CT molecular complexity index is 1220. The lowest BCUT2D eigenvalue weighted by Gasteiger charge is -2.03. The van der Waals surface area contributed by atoms with Gasteiger partial charge in [0.25, 0.3) is 5.91 Å². The number of aryl methyl sites for hydroxylation is 2. The minimum Gasteiger partial charge on any atom is -0.344 e. The quantitative estimate of drug-likeness (QED) is 0.298. The van der Waals surface area contributed by atoms with Crippen molar-refractivity contribution in [2.24, 2.45) is 12.1 Å². The second kappa shape index (κ2) is 8.13. The predicted molar refractivity (Wildman–Crippen MR) is 120 cm³/mol. The van der Waals surface area contributed by atoms with Crippen LogP contribution in [0.15, 0.2) is 58.8 Å². The summed E-state index contributed by atoms with van der Waals surface area (Å²) in [6.07, 6.45) is 1.74. The Hall–Kier alpha value is -3.06. The summed E-state index contributed by atoms with van der Waals surface area (Å²) in [6, 6.07) is 16.2. The lowest BCUT2D eigenvalue weighted by atomic mass is 10.1. The molecule has 0 aliphatic heterocycles. The van der Waals surface area contributed by atoms with Crippen LogP contribution < -0.4 is 5.43 Å². The van der Waals surface area contributed by atoms with Gasteiger partial charge in [0.2, 0.25) is 0 Å². The molecule has 0 saturated heterocycles. The van der Waals surface area contributed by atoms with E-state index in [4.69, 9.17) is 0 Å². The molecule has 2 aromatic heterocycles. The highest BCUT2D eigenvalue weighted by atomic mass is 32.2. The summed E-state index contributed by atoms with van der Waals surface area (Å²) in [5.74, 6) is 0.0969. The van der Waals surface area contributed by atoms with Crippen LogP contribution in [0.5, 0.6) is 0 Å². The van der Waals surface area contributed by atoms with Gasteiger partial charge in [-0.15, -0.1) is 0 Å². The molecular formula is C22H23N5OS. The first-order valence-electron chi connectivity index (χ1n) is 9.54. The van der Waals surface area contributed by atoms with E-state index in [1.165, 1.54) is 17.3 Å². The average Bonchev–Trinajstić information content (AvgIpc) is 3.20. The predicted octanol–water partition coefficient (Wildman–Crippen LogP) is 4.10. The zero-order valence-corrected chi connectivity index (χ0v) is 17.5. The molecule has 7 heteroatoms. The Morgan fingerprint density at radius 3 is 2.66 bits per heavy atom. The normalized spacial score (nSPS) is 11.7. The van der Waals surface area contributed by atoms with Crippen LogP contribution in [0, 0.1) is 6.92 Å². The number of hydrogen-bond donors (Lipinski definition) is 1. The summed E-state index contributed by atoms with van der Waals surface area (Å²) in [4.78, 5) is 16.8. The van der Waals surface area contributed by atoms with Gasteiger partial charge >= 0.3 is 0 Å². The number of hydrogen-bond acceptors (Lipinski definition) is 4. The molecule has 29 heavy (non-hydrogen) atoms. The number of carbonyl (C=O) groups is 1. The summed E-state index contributed by atoms with van der Waals surface area (Å²) in [7, 11) is 1.96. The van der Waals surface area contributed by atoms with Gasteiger partial charge in [-0.3, -0.25) is 4.79 Å². The maximum Gasteiger partial charge on any atom is 0.250 e. The molecule has 0 aliphatic carbocycles. The van der Waals surface area contributed by atoms with Crippen molar-refractivity contribution in [1.82, 2.24) is 19.5 Å². The number of carbonyl (C=O) groups excluding carboxylic acids is 1. The number of thioether (sulfide) groups is 1. The van der Waals surface area contributed by atoms with Crippen LogP contribution >= 0.6 is 11.8 Å². The molecule has 0 radical (unpaired) electrons. The van der Waals surface area contributed by atoms with Gasteiger partial charge < -0.3 is 9.13 Å². The van der Waals surface area contributed by atoms with Crippen molar-refractivity contribution in [2.45, 2.75) is 25.5 Å². The van der Waals surface area contributed by atoms with Crippen LogP contribution in [0.3, 0.4) is 0 Å². The summed E-state index contributed by atoms with van der Waals surface area (Å²) >= 11 is 1.40. The Morgan fingerprint density at radius 1 is 1.17 bits per heavy atom. The number of hydrazone groups is 1. The molecule has 2 aromatic carbocycles. The van der Waals surface area contributed by atoms with Crippen molar-refractivity contribution < 1.29 is 4.79 Å². The number of aromatic nitrogens is 3. The first-order valence-corrected chi connectivity index (χ1v) is 10.5. The minimum atomic E-state index is -0.157. The van der Waals surface area contributed by atoms with E-state index in [1.54, 1.807) is 6.21 Å².